The minimum atomic E-state index is -0.272. The maximum Gasteiger partial charge on any atom is 0.331 e. The molecule has 6 heteroatoms. The number of carbonyl (C=O) groups is 2. The molecule has 4 rings (SSSR count). The van der Waals surface area contributed by atoms with E-state index in [1.807, 2.05) is 62.9 Å². The molecule has 0 bridgehead atoms. The Morgan fingerprint density at radius 2 is 1.57 bits per heavy atom. The van der Waals surface area contributed by atoms with Crippen LogP contribution >= 0.6 is 0 Å². The van der Waals surface area contributed by atoms with Crippen LogP contribution in [0.5, 0.6) is 11.5 Å². The lowest BCUT2D eigenvalue weighted by atomic mass is 9.88. The Kier molecular flexibility index (Phi) is 5.41. The van der Waals surface area contributed by atoms with Crippen LogP contribution in [0, 0.1) is 13.8 Å². The zero-order valence-electron chi connectivity index (χ0n) is 18.0. The summed E-state index contributed by atoms with van der Waals surface area (Å²) >= 11 is 0. The van der Waals surface area contributed by atoms with Crippen molar-refractivity contribution in [2.45, 2.75) is 46.6 Å². The van der Waals surface area contributed by atoms with Gasteiger partial charge in [0.1, 0.15) is 0 Å². The number of rotatable bonds is 5. The predicted octanol–water partition coefficient (Wildman–Crippen LogP) is 4.56. The number of hydrogen-bond donors (Lipinski definition) is 0. The van der Waals surface area contributed by atoms with E-state index in [0.29, 0.717) is 31.2 Å². The second-order valence-electron chi connectivity index (χ2n) is 7.88. The van der Waals surface area contributed by atoms with Crippen LogP contribution < -0.4 is 14.4 Å². The number of carbonyl (C=O) groups excluding carboxylic acids is 2. The molecule has 1 saturated heterocycles. The summed E-state index contributed by atoms with van der Waals surface area (Å²) in [6, 6.07) is 9.25. The molecule has 2 aliphatic heterocycles. The third-order valence-corrected chi connectivity index (χ3v) is 5.68. The number of benzene rings is 2. The molecule has 0 aromatic heterocycles. The molecule has 2 aromatic rings. The smallest absolute Gasteiger partial charge is 0.331 e. The molecule has 1 atom stereocenters. The molecule has 0 spiro atoms. The number of fused-ring (bicyclic) bond motifs is 3. The maximum absolute atomic E-state index is 13.4. The maximum atomic E-state index is 13.4. The molecule has 0 aliphatic carbocycles. The number of amides is 3. The van der Waals surface area contributed by atoms with Gasteiger partial charge in [0.15, 0.2) is 11.5 Å². The van der Waals surface area contributed by atoms with E-state index in [9.17, 15) is 9.59 Å². The van der Waals surface area contributed by atoms with E-state index in [-0.39, 0.29) is 24.4 Å². The van der Waals surface area contributed by atoms with E-state index in [2.05, 4.69) is 0 Å². The predicted molar refractivity (Wildman–Crippen MR) is 115 cm³/mol. The van der Waals surface area contributed by atoms with Crippen LogP contribution in [0.15, 0.2) is 30.3 Å². The lowest BCUT2D eigenvalue weighted by molar-refractivity contribution is -0.120. The number of imide groups is 1. The summed E-state index contributed by atoms with van der Waals surface area (Å²) in [5.41, 5.74) is 4.80. The number of nitrogens with zero attached hydrogens (tertiary/aromatic N) is 2. The van der Waals surface area contributed by atoms with Gasteiger partial charge in [-0.25, -0.2) is 9.69 Å². The highest BCUT2D eigenvalue weighted by Gasteiger charge is 2.43. The minimum absolute atomic E-state index is 0.175. The van der Waals surface area contributed by atoms with Crippen LogP contribution in [0.25, 0.3) is 0 Å². The average molecular weight is 408 g/mol. The lowest BCUT2D eigenvalue weighted by Gasteiger charge is -2.44. The van der Waals surface area contributed by atoms with Crippen molar-refractivity contribution in [2.75, 3.05) is 24.7 Å². The first kappa shape index (κ1) is 20.3. The molecule has 3 amide bonds. The molecular formula is C24H28N2O4. The molecule has 0 saturated carbocycles. The van der Waals surface area contributed by atoms with Crippen molar-refractivity contribution in [3.63, 3.8) is 0 Å². The molecule has 2 heterocycles. The molecule has 158 valence electrons. The monoisotopic (exact) mass is 408 g/mol. The Morgan fingerprint density at radius 1 is 0.933 bits per heavy atom. The van der Waals surface area contributed by atoms with Crippen molar-refractivity contribution in [3.05, 3.63) is 52.6 Å². The molecule has 0 N–H and O–H groups in total. The minimum Gasteiger partial charge on any atom is -0.490 e. The Balaban J connectivity index is 1.70. The lowest BCUT2D eigenvalue weighted by Crippen LogP contribution is -2.55. The standard InChI is InChI=1S/C24H28N2O4/c1-5-29-21-12-17-7-8-25-20(19(17)13-22(21)30-6-2)14-23(27)26(24(25)28)18-10-15(3)9-16(4)11-18/h9-13,20H,5-8,14H2,1-4H3/t20-/m1/s1. The van der Waals surface area contributed by atoms with Crippen LogP contribution in [0.2, 0.25) is 0 Å². The van der Waals surface area contributed by atoms with Crippen LogP contribution in [0.1, 0.15) is 48.6 Å². The fraction of sp³-hybridized carbons (Fsp3) is 0.417. The second-order valence-corrected chi connectivity index (χ2v) is 7.88. The summed E-state index contributed by atoms with van der Waals surface area (Å²) in [6.07, 6.45) is 0.976. The summed E-state index contributed by atoms with van der Waals surface area (Å²) in [5.74, 6) is 1.21. The van der Waals surface area contributed by atoms with E-state index in [1.54, 1.807) is 0 Å². The summed E-state index contributed by atoms with van der Waals surface area (Å²) in [5, 5.41) is 0. The average Bonchev–Trinajstić information content (AvgIpc) is 2.68. The van der Waals surface area contributed by atoms with Gasteiger partial charge in [-0.05, 0) is 80.6 Å². The highest BCUT2D eigenvalue weighted by molar-refractivity contribution is 6.16. The van der Waals surface area contributed by atoms with E-state index < -0.39 is 0 Å². The first-order valence-electron chi connectivity index (χ1n) is 10.6. The van der Waals surface area contributed by atoms with Gasteiger partial charge >= 0.3 is 6.03 Å². The molecular weight excluding hydrogens is 380 g/mol. The van der Waals surface area contributed by atoms with Gasteiger partial charge in [-0.15, -0.1) is 0 Å². The van der Waals surface area contributed by atoms with Gasteiger partial charge in [0.2, 0.25) is 5.91 Å². The Labute approximate surface area is 177 Å². The molecule has 0 radical (unpaired) electrons. The van der Waals surface area contributed by atoms with E-state index >= 15 is 0 Å². The Bertz CT molecular complexity index is 981. The molecule has 2 aliphatic rings. The van der Waals surface area contributed by atoms with Crippen LogP contribution in [0.3, 0.4) is 0 Å². The molecule has 1 fully saturated rings. The number of anilines is 1. The summed E-state index contributed by atoms with van der Waals surface area (Å²) in [6.45, 7) is 9.46. The summed E-state index contributed by atoms with van der Waals surface area (Å²) < 4.78 is 11.5. The Hall–Kier alpha value is -3.02. The first-order chi connectivity index (χ1) is 14.4. The largest absolute Gasteiger partial charge is 0.490 e. The van der Waals surface area contributed by atoms with Gasteiger partial charge < -0.3 is 14.4 Å². The topological polar surface area (TPSA) is 59.1 Å². The fourth-order valence-corrected chi connectivity index (χ4v) is 4.52. The number of ether oxygens (including phenoxy) is 2. The zero-order chi connectivity index (χ0) is 21.4. The molecule has 6 nitrogen and oxygen atoms in total. The van der Waals surface area contributed by atoms with Gasteiger partial charge in [0.05, 0.1) is 31.4 Å². The summed E-state index contributed by atoms with van der Waals surface area (Å²) in [7, 11) is 0. The zero-order valence-corrected chi connectivity index (χ0v) is 18.0. The van der Waals surface area contributed by atoms with Gasteiger partial charge in [-0.1, -0.05) is 6.07 Å². The number of hydrogen-bond acceptors (Lipinski definition) is 4. The van der Waals surface area contributed by atoms with E-state index in [0.717, 1.165) is 34.4 Å². The van der Waals surface area contributed by atoms with Crippen LogP contribution in [0.4, 0.5) is 10.5 Å². The fourth-order valence-electron chi connectivity index (χ4n) is 4.52. The second kappa shape index (κ2) is 8.01. The molecule has 0 unspecified atom stereocenters. The van der Waals surface area contributed by atoms with E-state index in [4.69, 9.17) is 9.47 Å². The Morgan fingerprint density at radius 3 is 2.20 bits per heavy atom. The third kappa shape index (κ3) is 3.51. The van der Waals surface area contributed by atoms with Crippen molar-refractivity contribution in [1.29, 1.82) is 0 Å². The normalized spacial score (nSPS) is 18.2. The van der Waals surface area contributed by atoms with Crippen molar-refractivity contribution in [2.24, 2.45) is 0 Å². The van der Waals surface area contributed by atoms with Crippen molar-refractivity contribution in [3.8, 4) is 11.5 Å². The third-order valence-electron chi connectivity index (χ3n) is 5.68. The van der Waals surface area contributed by atoms with E-state index in [1.165, 1.54) is 4.90 Å². The highest BCUT2D eigenvalue weighted by atomic mass is 16.5. The van der Waals surface area contributed by atoms with Crippen molar-refractivity contribution in [1.82, 2.24) is 4.90 Å². The quantitative estimate of drug-likeness (QED) is 0.728. The number of aryl methyl sites for hydroxylation is 2. The van der Waals surface area contributed by atoms with Gasteiger partial charge in [-0.3, -0.25) is 4.79 Å². The number of urea groups is 1. The first-order valence-corrected chi connectivity index (χ1v) is 10.6. The molecule has 2 aromatic carbocycles. The van der Waals surface area contributed by atoms with Crippen molar-refractivity contribution < 1.29 is 19.1 Å². The van der Waals surface area contributed by atoms with Crippen LogP contribution in [-0.2, 0) is 11.2 Å². The SMILES string of the molecule is CCOc1cc2c(cc1OCC)[C@H]1CC(=O)N(c3cc(C)cc(C)c3)C(=O)N1CC2. The van der Waals surface area contributed by atoms with Crippen LogP contribution in [-0.4, -0.2) is 36.6 Å². The molecule has 30 heavy (non-hydrogen) atoms. The van der Waals surface area contributed by atoms with Crippen molar-refractivity contribution >= 4 is 17.6 Å². The van der Waals surface area contributed by atoms with Gasteiger partial charge in [-0.2, -0.15) is 0 Å². The summed E-state index contributed by atoms with van der Waals surface area (Å²) in [4.78, 5) is 29.6. The van der Waals surface area contributed by atoms with Gasteiger partial charge in [0.25, 0.3) is 0 Å². The highest BCUT2D eigenvalue weighted by Crippen LogP contribution is 2.42. The van der Waals surface area contributed by atoms with Gasteiger partial charge in [0, 0.05) is 6.54 Å².